The maximum Gasteiger partial charge on any atom is 0.416 e. The lowest BCUT2D eigenvalue weighted by Crippen LogP contribution is -2.49. The summed E-state index contributed by atoms with van der Waals surface area (Å²) >= 11 is 0. The van der Waals surface area contributed by atoms with Gasteiger partial charge in [0.05, 0.1) is 10.5 Å². The van der Waals surface area contributed by atoms with Crippen LogP contribution in [0.3, 0.4) is 0 Å². The summed E-state index contributed by atoms with van der Waals surface area (Å²) in [5.41, 5.74) is 1.10. The van der Waals surface area contributed by atoms with Gasteiger partial charge in [-0.15, -0.1) is 0 Å². The molecule has 0 radical (unpaired) electrons. The Bertz CT molecular complexity index is 1260. The molecule has 1 heterocycles. The molecule has 4 rings (SSSR count). The van der Waals surface area contributed by atoms with Crippen LogP contribution in [0, 0.1) is 10.1 Å². The number of hydrogen-bond acceptors (Lipinski definition) is 4. The molecule has 0 unspecified atom stereocenters. The first kappa shape index (κ1) is 24.7. The summed E-state index contributed by atoms with van der Waals surface area (Å²) in [6, 6.07) is 16.4. The van der Waals surface area contributed by atoms with Crippen molar-refractivity contribution in [1.29, 1.82) is 0 Å². The van der Waals surface area contributed by atoms with Gasteiger partial charge in [0.15, 0.2) is 0 Å². The second-order valence-corrected chi connectivity index (χ2v) is 8.21. The number of amides is 3. The monoisotopic (exact) mass is 498 g/mol. The number of carbonyl (C=O) groups excluding carboxylic acids is 2. The number of benzene rings is 3. The van der Waals surface area contributed by atoms with Gasteiger partial charge in [0, 0.05) is 48.7 Å². The lowest BCUT2D eigenvalue weighted by atomic mass is 10.1. The van der Waals surface area contributed by atoms with E-state index in [2.05, 4.69) is 5.32 Å². The van der Waals surface area contributed by atoms with Gasteiger partial charge in [0.2, 0.25) is 0 Å². The maximum absolute atomic E-state index is 13.0. The second-order valence-electron chi connectivity index (χ2n) is 8.21. The third-order valence-corrected chi connectivity index (χ3v) is 5.74. The van der Waals surface area contributed by atoms with Crippen LogP contribution < -0.4 is 10.2 Å². The standard InChI is InChI=1S/C25H21F3N4O4/c26-25(27,28)19-6-2-17(3-7-19)16-30-14-1-15-31(24(30)34)21-12-8-20(9-13-21)29-23(33)18-4-10-22(11-5-18)32(35)36/h2-13H,1,14-16H2,(H,29,33). The number of nitrogens with zero attached hydrogens (tertiary/aromatic N) is 3. The van der Waals surface area contributed by atoms with Crippen LogP contribution in [0.2, 0.25) is 0 Å². The predicted octanol–water partition coefficient (Wildman–Crippen LogP) is 5.70. The average molecular weight is 498 g/mol. The highest BCUT2D eigenvalue weighted by Crippen LogP contribution is 2.30. The predicted molar refractivity (Wildman–Crippen MR) is 127 cm³/mol. The zero-order valence-corrected chi connectivity index (χ0v) is 18.9. The molecule has 0 aromatic heterocycles. The summed E-state index contributed by atoms with van der Waals surface area (Å²) in [7, 11) is 0. The number of non-ortho nitro benzene ring substituents is 1. The minimum Gasteiger partial charge on any atom is -0.322 e. The van der Waals surface area contributed by atoms with Gasteiger partial charge in [-0.05, 0) is 60.5 Å². The summed E-state index contributed by atoms with van der Waals surface area (Å²) in [5, 5.41) is 13.5. The number of nitrogens with one attached hydrogen (secondary N) is 1. The Kier molecular flexibility index (Phi) is 6.91. The molecule has 0 atom stereocenters. The molecule has 0 aliphatic carbocycles. The van der Waals surface area contributed by atoms with Crippen molar-refractivity contribution in [1.82, 2.24) is 4.90 Å². The van der Waals surface area contributed by atoms with E-state index in [1.54, 1.807) is 34.1 Å². The molecule has 186 valence electrons. The average Bonchev–Trinajstić information content (AvgIpc) is 2.86. The van der Waals surface area contributed by atoms with Crippen LogP contribution in [0.25, 0.3) is 0 Å². The lowest BCUT2D eigenvalue weighted by molar-refractivity contribution is -0.384. The minimum absolute atomic E-state index is 0.116. The van der Waals surface area contributed by atoms with E-state index in [0.29, 0.717) is 36.4 Å². The van der Waals surface area contributed by atoms with Crippen LogP contribution in [0.4, 0.5) is 35.0 Å². The van der Waals surface area contributed by atoms with E-state index in [0.717, 1.165) is 12.1 Å². The van der Waals surface area contributed by atoms with Crippen LogP contribution >= 0.6 is 0 Å². The molecule has 3 aromatic rings. The maximum atomic E-state index is 13.0. The first-order valence-electron chi connectivity index (χ1n) is 11.0. The topological polar surface area (TPSA) is 95.8 Å². The number of hydrogen-bond donors (Lipinski definition) is 1. The Morgan fingerprint density at radius 2 is 1.58 bits per heavy atom. The van der Waals surface area contributed by atoms with Crippen molar-refractivity contribution in [3.63, 3.8) is 0 Å². The number of carbonyl (C=O) groups is 2. The number of rotatable bonds is 6. The van der Waals surface area contributed by atoms with Gasteiger partial charge in [-0.2, -0.15) is 13.2 Å². The number of alkyl halides is 3. The normalized spacial score (nSPS) is 14.0. The highest BCUT2D eigenvalue weighted by atomic mass is 19.4. The molecule has 1 fully saturated rings. The van der Waals surface area contributed by atoms with Crippen LogP contribution in [0.1, 0.15) is 27.9 Å². The quantitative estimate of drug-likeness (QED) is 0.348. The zero-order chi connectivity index (χ0) is 25.9. The third-order valence-electron chi connectivity index (χ3n) is 5.74. The molecule has 11 heteroatoms. The molecule has 36 heavy (non-hydrogen) atoms. The van der Waals surface area contributed by atoms with Crippen molar-refractivity contribution in [2.24, 2.45) is 0 Å². The molecule has 1 aliphatic rings. The van der Waals surface area contributed by atoms with E-state index in [4.69, 9.17) is 0 Å². The largest absolute Gasteiger partial charge is 0.416 e. The first-order chi connectivity index (χ1) is 17.1. The Morgan fingerprint density at radius 1 is 0.944 bits per heavy atom. The third kappa shape index (κ3) is 5.62. The summed E-state index contributed by atoms with van der Waals surface area (Å²) in [6.07, 6.45) is -3.73. The highest BCUT2D eigenvalue weighted by molar-refractivity contribution is 6.04. The van der Waals surface area contributed by atoms with Gasteiger partial charge in [0.1, 0.15) is 0 Å². The van der Waals surface area contributed by atoms with Crippen LogP contribution in [-0.2, 0) is 12.7 Å². The smallest absolute Gasteiger partial charge is 0.322 e. The fourth-order valence-electron chi connectivity index (χ4n) is 3.85. The molecular formula is C25H21F3N4O4. The Hall–Kier alpha value is -4.41. The fourth-order valence-corrected chi connectivity index (χ4v) is 3.85. The summed E-state index contributed by atoms with van der Waals surface area (Å²) in [4.78, 5) is 38.8. The van der Waals surface area contributed by atoms with E-state index in [1.807, 2.05) is 0 Å². The molecule has 0 saturated carbocycles. The van der Waals surface area contributed by atoms with Crippen LogP contribution in [0.15, 0.2) is 72.8 Å². The minimum atomic E-state index is -4.41. The first-order valence-corrected chi connectivity index (χ1v) is 11.0. The summed E-state index contributed by atoms with van der Waals surface area (Å²) in [5.74, 6) is -0.436. The van der Waals surface area contributed by atoms with Crippen LogP contribution in [0.5, 0.6) is 0 Å². The second kappa shape index (κ2) is 10.1. The number of urea groups is 1. The molecule has 0 spiro atoms. The van der Waals surface area contributed by atoms with Crippen molar-refractivity contribution < 1.29 is 27.7 Å². The highest BCUT2D eigenvalue weighted by Gasteiger charge is 2.31. The van der Waals surface area contributed by atoms with Crippen LogP contribution in [-0.4, -0.2) is 34.9 Å². The Balaban J connectivity index is 1.39. The van der Waals surface area contributed by atoms with Crippen molar-refractivity contribution in [3.8, 4) is 0 Å². The molecule has 0 bridgehead atoms. The number of nitro groups is 1. The van der Waals surface area contributed by atoms with E-state index >= 15 is 0 Å². The van der Waals surface area contributed by atoms with E-state index in [9.17, 15) is 32.9 Å². The molecule has 3 amide bonds. The SMILES string of the molecule is O=C(Nc1ccc(N2CCCN(Cc3ccc(C(F)(F)F)cc3)C2=O)cc1)c1ccc([N+](=O)[O-])cc1. The van der Waals surface area contributed by atoms with E-state index in [-0.39, 0.29) is 23.8 Å². The van der Waals surface area contributed by atoms with Crippen molar-refractivity contribution in [2.45, 2.75) is 19.1 Å². The Morgan fingerprint density at radius 3 is 2.17 bits per heavy atom. The summed E-state index contributed by atoms with van der Waals surface area (Å²) in [6.45, 7) is 1.16. The summed E-state index contributed by atoms with van der Waals surface area (Å²) < 4.78 is 38.4. The molecule has 1 saturated heterocycles. The van der Waals surface area contributed by atoms with Gasteiger partial charge in [0.25, 0.3) is 11.6 Å². The van der Waals surface area contributed by atoms with Crippen molar-refractivity contribution >= 4 is 29.0 Å². The molecule has 1 N–H and O–H groups in total. The van der Waals surface area contributed by atoms with E-state index in [1.165, 1.54) is 36.4 Å². The molecular weight excluding hydrogens is 477 g/mol. The van der Waals surface area contributed by atoms with Gasteiger partial charge in [-0.1, -0.05) is 12.1 Å². The van der Waals surface area contributed by atoms with Gasteiger partial charge >= 0.3 is 12.2 Å². The zero-order valence-electron chi connectivity index (χ0n) is 18.9. The molecule has 8 nitrogen and oxygen atoms in total. The number of halogens is 3. The molecule has 3 aromatic carbocycles. The molecule has 1 aliphatic heterocycles. The van der Waals surface area contributed by atoms with Gasteiger partial charge in [-0.3, -0.25) is 19.8 Å². The van der Waals surface area contributed by atoms with E-state index < -0.39 is 22.6 Å². The van der Waals surface area contributed by atoms with Crippen molar-refractivity contribution in [3.05, 3.63) is 99.6 Å². The Labute approximate surface area is 204 Å². The number of nitro benzene ring substituents is 1. The lowest BCUT2D eigenvalue weighted by Gasteiger charge is -2.35. The van der Waals surface area contributed by atoms with Gasteiger partial charge < -0.3 is 10.2 Å². The van der Waals surface area contributed by atoms with Crippen molar-refractivity contribution in [2.75, 3.05) is 23.3 Å². The fraction of sp³-hybridized carbons (Fsp3) is 0.200. The number of anilines is 2. The van der Waals surface area contributed by atoms with Gasteiger partial charge in [-0.25, -0.2) is 4.79 Å².